The molecule has 0 bridgehead atoms. The summed E-state index contributed by atoms with van der Waals surface area (Å²) in [5, 5.41) is 0. The molecule has 4 aromatic carbocycles. The monoisotopic (exact) mass is 828 g/mol. The van der Waals surface area contributed by atoms with Gasteiger partial charge in [-0.05, 0) is 81.0 Å². The van der Waals surface area contributed by atoms with Crippen LogP contribution in [-0.2, 0) is 40.7 Å². The molecule has 0 saturated heterocycles. The fraction of sp³-hybridized carbons (Fsp3) is 0.472. The highest BCUT2D eigenvalue weighted by Crippen LogP contribution is 2.49. The molecule has 2 aliphatic rings. The van der Waals surface area contributed by atoms with Crippen LogP contribution in [0.3, 0.4) is 0 Å². The Bertz CT molecular complexity index is 2120. The minimum Gasteiger partial charge on any atom is -0.462 e. The van der Waals surface area contributed by atoms with Crippen molar-refractivity contribution in [2.45, 2.75) is 149 Å². The van der Waals surface area contributed by atoms with E-state index in [1.54, 1.807) is 24.3 Å². The van der Waals surface area contributed by atoms with Crippen molar-refractivity contribution < 1.29 is 38.1 Å². The van der Waals surface area contributed by atoms with Gasteiger partial charge in [0.25, 0.3) is 0 Å². The lowest BCUT2D eigenvalue weighted by atomic mass is 9.77. The van der Waals surface area contributed by atoms with Crippen molar-refractivity contribution in [3.8, 4) is 11.5 Å². The zero-order chi connectivity index (χ0) is 44.7. The van der Waals surface area contributed by atoms with Crippen LogP contribution in [0.25, 0.3) is 0 Å². The van der Waals surface area contributed by atoms with Crippen molar-refractivity contribution in [1.29, 1.82) is 0 Å². The number of hydrogen-bond donors (Lipinski definition) is 0. The Morgan fingerprint density at radius 3 is 1.11 bits per heavy atom. The number of rotatable bonds is 12. The maximum absolute atomic E-state index is 13.3. The summed E-state index contributed by atoms with van der Waals surface area (Å²) in [5.41, 5.74) is 7.84. The average molecular weight is 829 g/mol. The molecule has 2 heterocycles. The third-order valence-corrected chi connectivity index (χ3v) is 11.8. The van der Waals surface area contributed by atoms with E-state index >= 15 is 0 Å². The standard InChI is InChI=1S/C53H64O8/c1-50(2,3)36-28-38-42(48(56)60-44(38)40(30-36)52(7,8)9)32-18-22-34(23-19-32)46(54)58-26-16-14-13-15-17-27-59-47(55)35-24-20-33(21-25-35)43-39-29-37(51(4,5)6)31-41(53(10,11)12)45(39)61-49(43)57/h18-25,28-31,42-43H,13-17,26-27H2,1-12H3. The first-order chi connectivity index (χ1) is 28.4. The molecule has 8 nitrogen and oxygen atoms in total. The molecular weight excluding hydrogens is 765 g/mol. The van der Waals surface area contributed by atoms with Crippen LogP contribution in [0.1, 0.15) is 192 Å². The minimum absolute atomic E-state index is 0.107. The molecule has 61 heavy (non-hydrogen) atoms. The molecule has 0 spiro atoms. The first kappa shape index (κ1) is 45.3. The van der Waals surface area contributed by atoms with Gasteiger partial charge >= 0.3 is 23.9 Å². The molecule has 0 aliphatic carbocycles. The van der Waals surface area contributed by atoms with Gasteiger partial charge in [-0.2, -0.15) is 0 Å². The predicted molar refractivity (Wildman–Crippen MR) is 239 cm³/mol. The van der Waals surface area contributed by atoms with E-state index in [1.165, 1.54) is 0 Å². The first-order valence-corrected chi connectivity index (χ1v) is 21.8. The lowest BCUT2D eigenvalue weighted by Gasteiger charge is -2.27. The lowest BCUT2D eigenvalue weighted by Crippen LogP contribution is -2.17. The first-order valence-electron chi connectivity index (χ1n) is 21.8. The highest BCUT2D eigenvalue weighted by molar-refractivity contribution is 5.93. The summed E-state index contributed by atoms with van der Waals surface area (Å²) in [6.07, 6.45) is 4.11. The lowest BCUT2D eigenvalue weighted by molar-refractivity contribution is -0.134. The second kappa shape index (κ2) is 17.3. The second-order valence-electron chi connectivity index (χ2n) is 20.9. The predicted octanol–water partition coefficient (Wildman–Crippen LogP) is 11.9. The maximum Gasteiger partial charge on any atom is 0.338 e. The highest BCUT2D eigenvalue weighted by Gasteiger charge is 2.41. The number of benzene rings is 4. The number of carbonyl (C=O) groups excluding carboxylic acids is 4. The molecular formula is C53H64O8. The molecule has 0 saturated carbocycles. The Hall–Kier alpha value is -5.24. The fourth-order valence-electron chi connectivity index (χ4n) is 8.00. The Morgan fingerprint density at radius 1 is 0.475 bits per heavy atom. The van der Waals surface area contributed by atoms with E-state index in [1.807, 2.05) is 24.3 Å². The van der Waals surface area contributed by atoms with E-state index in [9.17, 15) is 19.2 Å². The SMILES string of the molecule is CC(C)(C)c1cc2c(c(C(C)(C)C)c1)OC(=O)C2c1ccc(C(=O)OCCCCCCCOC(=O)c2ccc(C3C(=O)Oc4c3cc(C(C)(C)C)cc4C(C)(C)C)cc2)cc1. The van der Waals surface area contributed by atoms with Gasteiger partial charge in [-0.3, -0.25) is 9.59 Å². The van der Waals surface area contributed by atoms with Gasteiger partial charge in [0.15, 0.2) is 0 Å². The molecule has 0 amide bonds. The van der Waals surface area contributed by atoms with Gasteiger partial charge < -0.3 is 18.9 Å². The molecule has 324 valence electrons. The van der Waals surface area contributed by atoms with Crippen molar-refractivity contribution in [3.05, 3.63) is 128 Å². The molecule has 8 heteroatoms. The van der Waals surface area contributed by atoms with E-state index in [0.717, 1.165) is 76.6 Å². The van der Waals surface area contributed by atoms with Crippen molar-refractivity contribution >= 4 is 23.9 Å². The van der Waals surface area contributed by atoms with Crippen LogP contribution < -0.4 is 9.47 Å². The van der Waals surface area contributed by atoms with Crippen LogP contribution in [0.5, 0.6) is 11.5 Å². The molecule has 4 aromatic rings. The zero-order valence-corrected chi connectivity index (χ0v) is 38.3. The highest BCUT2D eigenvalue weighted by atomic mass is 16.6. The topological polar surface area (TPSA) is 105 Å². The minimum atomic E-state index is -0.562. The van der Waals surface area contributed by atoms with Crippen LogP contribution in [0, 0.1) is 0 Å². The van der Waals surface area contributed by atoms with Crippen molar-refractivity contribution in [2.24, 2.45) is 0 Å². The van der Waals surface area contributed by atoms with Crippen molar-refractivity contribution in [2.75, 3.05) is 13.2 Å². The molecule has 2 unspecified atom stereocenters. The molecule has 0 aromatic heterocycles. The third kappa shape index (κ3) is 10.1. The van der Waals surface area contributed by atoms with Gasteiger partial charge in [-0.15, -0.1) is 0 Å². The summed E-state index contributed by atoms with van der Waals surface area (Å²) < 4.78 is 22.9. The number of unbranched alkanes of at least 4 members (excludes halogenated alkanes) is 4. The van der Waals surface area contributed by atoms with Crippen molar-refractivity contribution in [1.82, 2.24) is 0 Å². The molecule has 2 atom stereocenters. The van der Waals surface area contributed by atoms with Gasteiger partial charge in [0.05, 0.1) is 24.3 Å². The van der Waals surface area contributed by atoms with Gasteiger partial charge in [0.1, 0.15) is 23.3 Å². The summed E-state index contributed by atoms with van der Waals surface area (Å²) in [5.74, 6) is -1.25. The molecule has 0 radical (unpaired) electrons. The van der Waals surface area contributed by atoms with E-state index in [4.69, 9.17) is 18.9 Å². The van der Waals surface area contributed by atoms with Gasteiger partial charge in [-0.25, -0.2) is 9.59 Å². The van der Waals surface area contributed by atoms with E-state index < -0.39 is 23.8 Å². The van der Waals surface area contributed by atoms with E-state index in [-0.39, 0.29) is 33.6 Å². The number of hydrogen-bond acceptors (Lipinski definition) is 8. The molecule has 0 fully saturated rings. The Kier molecular flexibility index (Phi) is 12.8. The van der Waals surface area contributed by atoms with Gasteiger partial charge in [0, 0.05) is 22.3 Å². The smallest absolute Gasteiger partial charge is 0.338 e. The number of fused-ring (bicyclic) bond motifs is 2. The average Bonchev–Trinajstić information content (AvgIpc) is 3.69. The zero-order valence-electron chi connectivity index (χ0n) is 38.3. The summed E-state index contributed by atoms with van der Waals surface area (Å²) in [6, 6.07) is 22.6. The van der Waals surface area contributed by atoms with Crippen LogP contribution in [0.2, 0.25) is 0 Å². The van der Waals surface area contributed by atoms with Crippen LogP contribution in [-0.4, -0.2) is 37.1 Å². The molecule has 2 aliphatic heterocycles. The Morgan fingerprint density at radius 2 is 0.803 bits per heavy atom. The van der Waals surface area contributed by atoms with E-state index in [2.05, 4.69) is 107 Å². The quantitative estimate of drug-likeness (QED) is 0.0790. The van der Waals surface area contributed by atoms with Crippen LogP contribution >= 0.6 is 0 Å². The van der Waals surface area contributed by atoms with Gasteiger partial charge in [0.2, 0.25) is 0 Å². The summed E-state index contributed by atoms with van der Waals surface area (Å²) in [7, 11) is 0. The summed E-state index contributed by atoms with van der Waals surface area (Å²) in [4.78, 5) is 52.2. The summed E-state index contributed by atoms with van der Waals surface area (Å²) >= 11 is 0. The summed E-state index contributed by atoms with van der Waals surface area (Å²) in [6.45, 7) is 26.3. The van der Waals surface area contributed by atoms with Gasteiger partial charge in [-0.1, -0.05) is 151 Å². The third-order valence-electron chi connectivity index (χ3n) is 11.8. The van der Waals surface area contributed by atoms with Crippen molar-refractivity contribution in [3.63, 3.8) is 0 Å². The number of ether oxygens (including phenoxy) is 4. The number of esters is 4. The van der Waals surface area contributed by atoms with Crippen LogP contribution in [0.15, 0.2) is 72.8 Å². The fourth-order valence-corrected chi connectivity index (χ4v) is 8.00. The largest absolute Gasteiger partial charge is 0.462 e. The van der Waals surface area contributed by atoms with E-state index in [0.29, 0.717) is 35.8 Å². The molecule has 0 N–H and O–H groups in total. The number of carbonyl (C=O) groups is 4. The molecule has 6 rings (SSSR count). The maximum atomic E-state index is 13.3. The van der Waals surface area contributed by atoms with Crippen LogP contribution in [0.4, 0.5) is 0 Å². The Labute approximate surface area is 362 Å². The second-order valence-corrected chi connectivity index (χ2v) is 20.9. The normalized spacial score (nSPS) is 16.5. The Balaban J connectivity index is 0.931.